The van der Waals surface area contributed by atoms with Crippen molar-refractivity contribution in [3.05, 3.63) is 44.9 Å². The fourth-order valence-electron chi connectivity index (χ4n) is 2.79. The van der Waals surface area contributed by atoms with Crippen molar-refractivity contribution in [1.82, 2.24) is 10.3 Å². The number of Topliss-reactive ketones (excluding diaryl/α,β-unsaturated/α-hetero) is 1. The minimum atomic E-state index is -0.393. The first kappa shape index (κ1) is 18.4. The van der Waals surface area contributed by atoms with Crippen LogP contribution in [-0.4, -0.2) is 29.4 Å². The molecule has 0 aliphatic rings. The number of rotatable bonds is 7. The Morgan fingerprint density at radius 3 is 2.62 bits per heavy atom. The molecule has 0 radical (unpaired) electrons. The van der Waals surface area contributed by atoms with Crippen molar-refractivity contribution in [2.45, 2.75) is 46.7 Å². The lowest BCUT2D eigenvalue weighted by Gasteiger charge is -2.18. The van der Waals surface area contributed by atoms with Crippen LogP contribution < -0.4 is 5.32 Å². The van der Waals surface area contributed by atoms with E-state index in [1.54, 1.807) is 32.1 Å². The molecule has 0 aliphatic carbocycles. The minimum absolute atomic E-state index is 0.0606. The summed E-state index contributed by atoms with van der Waals surface area (Å²) in [7, 11) is 0. The average molecular weight is 348 g/mol. The Bertz CT molecular complexity index is 719. The number of thiophene rings is 1. The first-order valence-corrected chi connectivity index (χ1v) is 8.94. The van der Waals surface area contributed by atoms with Crippen LogP contribution in [0.25, 0.3) is 0 Å². The zero-order valence-electron chi connectivity index (χ0n) is 14.7. The van der Waals surface area contributed by atoms with E-state index in [0.717, 1.165) is 0 Å². The van der Waals surface area contributed by atoms with Gasteiger partial charge in [0.25, 0.3) is 0 Å². The highest BCUT2D eigenvalue weighted by molar-refractivity contribution is 7.10. The molecular formula is C18H24N2O3S. The van der Waals surface area contributed by atoms with Gasteiger partial charge in [-0.05, 0) is 51.6 Å². The molecule has 2 aromatic rings. The molecule has 0 amide bonds. The zero-order valence-corrected chi connectivity index (χ0v) is 15.5. The lowest BCUT2D eigenvalue weighted by atomic mass is 10.0. The highest BCUT2D eigenvalue weighted by atomic mass is 32.1. The second-order valence-corrected chi connectivity index (χ2v) is 6.81. The maximum absolute atomic E-state index is 12.8. The van der Waals surface area contributed by atoms with Crippen LogP contribution in [0.15, 0.2) is 17.5 Å². The second kappa shape index (κ2) is 7.77. The first-order chi connectivity index (χ1) is 11.4. The fraction of sp³-hybridized carbons (Fsp3) is 0.444. The lowest BCUT2D eigenvalue weighted by molar-refractivity contribution is 0.0525. The van der Waals surface area contributed by atoms with Crippen molar-refractivity contribution in [3.63, 3.8) is 0 Å². The van der Waals surface area contributed by atoms with Gasteiger partial charge in [0.1, 0.15) is 0 Å². The van der Waals surface area contributed by atoms with Gasteiger partial charge >= 0.3 is 5.97 Å². The zero-order chi connectivity index (χ0) is 17.9. The molecule has 0 spiro atoms. The SMILES string of the molecule is CCOC(=O)c1c(C)[nH]c(C(=O)[C@H](C)N[C@H](C)c2cccs2)c1C. The molecule has 0 unspecified atom stereocenters. The molecule has 0 fully saturated rings. The van der Waals surface area contributed by atoms with Gasteiger partial charge in [0.05, 0.1) is 23.9 Å². The number of carbonyl (C=O) groups is 2. The number of aromatic amines is 1. The summed E-state index contributed by atoms with van der Waals surface area (Å²) in [5.41, 5.74) is 2.23. The molecule has 5 nitrogen and oxygen atoms in total. The van der Waals surface area contributed by atoms with E-state index in [2.05, 4.69) is 10.3 Å². The van der Waals surface area contributed by atoms with E-state index in [1.165, 1.54) is 4.88 Å². The number of nitrogens with one attached hydrogen (secondary N) is 2. The van der Waals surface area contributed by atoms with Crippen molar-refractivity contribution < 1.29 is 14.3 Å². The Kier molecular flexibility index (Phi) is 5.96. The molecule has 2 N–H and O–H groups in total. The molecule has 2 atom stereocenters. The number of ether oxygens (including phenoxy) is 1. The van der Waals surface area contributed by atoms with Crippen molar-refractivity contribution >= 4 is 23.1 Å². The highest BCUT2D eigenvalue weighted by Gasteiger charge is 2.26. The standard InChI is InChI=1S/C18H24N2O3S/c1-6-23-18(22)15-10(2)16(20-12(15)4)17(21)13(5)19-11(3)14-8-7-9-24-14/h7-9,11,13,19-20H,6H2,1-5H3/t11-,13+/m1/s1. The molecule has 130 valence electrons. The molecule has 0 saturated heterocycles. The van der Waals surface area contributed by atoms with Crippen molar-refractivity contribution in [3.8, 4) is 0 Å². The second-order valence-electron chi connectivity index (χ2n) is 5.84. The van der Waals surface area contributed by atoms with Crippen LogP contribution in [0.4, 0.5) is 0 Å². The van der Waals surface area contributed by atoms with Gasteiger partial charge in [-0.15, -0.1) is 11.3 Å². The topological polar surface area (TPSA) is 71.2 Å². The summed E-state index contributed by atoms with van der Waals surface area (Å²) < 4.78 is 5.07. The molecule has 0 aromatic carbocycles. The Morgan fingerprint density at radius 1 is 1.33 bits per heavy atom. The molecule has 2 aromatic heterocycles. The Labute approximate surface area is 146 Å². The number of aromatic nitrogens is 1. The van der Waals surface area contributed by atoms with Gasteiger partial charge < -0.3 is 9.72 Å². The smallest absolute Gasteiger partial charge is 0.340 e. The quantitative estimate of drug-likeness (QED) is 0.590. The van der Waals surface area contributed by atoms with Crippen LogP contribution in [0.2, 0.25) is 0 Å². The van der Waals surface area contributed by atoms with E-state index in [9.17, 15) is 9.59 Å². The molecule has 0 saturated carbocycles. The van der Waals surface area contributed by atoms with Crippen LogP contribution in [0.3, 0.4) is 0 Å². The van der Waals surface area contributed by atoms with E-state index < -0.39 is 5.97 Å². The third-order valence-corrected chi connectivity index (χ3v) is 5.08. The van der Waals surface area contributed by atoms with E-state index in [4.69, 9.17) is 4.74 Å². The van der Waals surface area contributed by atoms with Crippen molar-refractivity contribution in [1.29, 1.82) is 0 Å². The van der Waals surface area contributed by atoms with Gasteiger partial charge in [0.15, 0.2) is 5.78 Å². The number of hydrogen-bond donors (Lipinski definition) is 2. The maximum atomic E-state index is 12.8. The lowest BCUT2D eigenvalue weighted by Crippen LogP contribution is -2.36. The summed E-state index contributed by atoms with van der Waals surface area (Å²) in [6, 6.07) is 3.76. The van der Waals surface area contributed by atoms with Crippen molar-refractivity contribution in [2.75, 3.05) is 6.61 Å². The predicted molar refractivity (Wildman–Crippen MR) is 95.9 cm³/mol. The molecule has 0 bridgehead atoms. The Balaban J connectivity index is 2.17. The van der Waals surface area contributed by atoms with E-state index in [0.29, 0.717) is 29.1 Å². The molecular weight excluding hydrogens is 324 g/mol. The number of hydrogen-bond acceptors (Lipinski definition) is 5. The Morgan fingerprint density at radius 2 is 2.04 bits per heavy atom. The van der Waals surface area contributed by atoms with Crippen LogP contribution in [0.5, 0.6) is 0 Å². The summed E-state index contributed by atoms with van der Waals surface area (Å²) in [4.78, 5) is 29.1. The number of aryl methyl sites for hydroxylation is 1. The number of esters is 1. The van der Waals surface area contributed by atoms with Gasteiger partial charge in [-0.3, -0.25) is 10.1 Å². The molecule has 0 aliphatic heterocycles. The summed E-state index contributed by atoms with van der Waals surface area (Å²) in [6.07, 6.45) is 0. The Hall–Kier alpha value is -1.92. The van der Waals surface area contributed by atoms with E-state index in [-0.39, 0.29) is 17.9 Å². The number of carbonyl (C=O) groups excluding carboxylic acids is 2. The van der Waals surface area contributed by atoms with Gasteiger partial charge in [-0.25, -0.2) is 4.79 Å². The maximum Gasteiger partial charge on any atom is 0.340 e. The predicted octanol–water partition coefficient (Wildman–Crippen LogP) is 3.79. The normalized spacial score (nSPS) is 13.5. The van der Waals surface area contributed by atoms with Gasteiger partial charge in [0.2, 0.25) is 0 Å². The van der Waals surface area contributed by atoms with Crippen molar-refractivity contribution in [2.24, 2.45) is 0 Å². The van der Waals surface area contributed by atoms with Crippen LogP contribution in [0, 0.1) is 13.8 Å². The summed E-state index contributed by atoms with van der Waals surface area (Å²) in [5.74, 6) is -0.454. The molecule has 6 heteroatoms. The number of H-pyrrole nitrogens is 1. The fourth-order valence-corrected chi connectivity index (χ4v) is 3.54. The van der Waals surface area contributed by atoms with Crippen LogP contribution >= 0.6 is 11.3 Å². The van der Waals surface area contributed by atoms with Crippen LogP contribution in [0.1, 0.15) is 63.8 Å². The average Bonchev–Trinajstić information content (AvgIpc) is 3.15. The highest BCUT2D eigenvalue weighted by Crippen LogP contribution is 2.22. The largest absolute Gasteiger partial charge is 0.462 e. The third-order valence-electron chi connectivity index (χ3n) is 4.03. The van der Waals surface area contributed by atoms with Gasteiger partial charge in [-0.2, -0.15) is 0 Å². The van der Waals surface area contributed by atoms with Gasteiger partial charge in [0, 0.05) is 16.6 Å². The minimum Gasteiger partial charge on any atom is -0.462 e. The number of ketones is 1. The van der Waals surface area contributed by atoms with E-state index >= 15 is 0 Å². The summed E-state index contributed by atoms with van der Waals surface area (Å²) >= 11 is 1.66. The third kappa shape index (κ3) is 3.76. The summed E-state index contributed by atoms with van der Waals surface area (Å²) in [5, 5.41) is 5.33. The molecule has 24 heavy (non-hydrogen) atoms. The first-order valence-electron chi connectivity index (χ1n) is 8.06. The molecule has 2 rings (SSSR count). The monoisotopic (exact) mass is 348 g/mol. The van der Waals surface area contributed by atoms with Crippen LogP contribution in [-0.2, 0) is 4.74 Å². The van der Waals surface area contributed by atoms with E-state index in [1.807, 2.05) is 31.4 Å². The summed E-state index contributed by atoms with van der Waals surface area (Å²) in [6.45, 7) is 9.50. The molecule has 2 heterocycles. The van der Waals surface area contributed by atoms with Gasteiger partial charge in [-0.1, -0.05) is 6.07 Å².